The second-order valence-corrected chi connectivity index (χ2v) is 9.65. The Morgan fingerprint density at radius 1 is 1.30 bits per heavy atom. The van der Waals surface area contributed by atoms with Crippen LogP contribution in [-0.2, 0) is 19.1 Å². The smallest absolute Gasteiger partial charge is 0.310 e. The van der Waals surface area contributed by atoms with Crippen LogP contribution < -0.4 is 4.90 Å². The van der Waals surface area contributed by atoms with Crippen LogP contribution in [0.25, 0.3) is 0 Å². The molecule has 8 nitrogen and oxygen atoms in total. The van der Waals surface area contributed by atoms with Crippen LogP contribution in [0.4, 0.5) is 5.69 Å². The molecule has 0 aromatic heterocycles. The number of hydrogen-bond donors (Lipinski definition) is 2. The van der Waals surface area contributed by atoms with Gasteiger partial charge < -0.3 is 24.7 Å². The molecule has 1 spiro atoms. The van der Waals surface area contributed by atoms with Gasteiger partial charge >= 0.3 is 5.97 Å². The van der Waals surface area contributed by atoms with Crippen LogP contribution in [0.2, 0.25) is 0 Å². The third kappa shape index (κ3) is 3.30. The number of anilines is 1. The maximum Gasteiger partial charge on any atom is 0.310 e. The molecule has 0 saturated carbocycles. The molecule has 2 N–H and O–H groups in total. The van der Waals surface area contributed by atoms with E-state index in [0.29, 0.717) is 12.8 Å². The van der Waals surface area contributed by atoms with E-state index in [1.807, 2.05) is 32.0 Å². The minimum atomic E-state index is -1.20. The summed E-state index contributed by atoms with van der Waals surface area (Å²) in [7, 11) is 0. The summed E-state index contributed by atoms with van der Waals surface area (Å²) in [6.45, 7) is 9.66. The first-order valence-corrected chi connectivity index (χ1v) is 11.5. The molecule has 178 valence electrons. The fourth-order valence-electron chi connectivity index (χ4n) is 6.36. The van der Waals surface area contributed by atoms with E-state index in [4.69, 9.17) is 4.74 Å². The number of aryl methyl sites for hydroxylation is 2. The molecular weight excluding hydrogens is 424 g/mol. The lowest BCUT2D eigenvalue weighted by Gasteiger charge is -2.37. The number of ether oxygens (including phenoxy) is 1. The van der Waals surface area contributed by atoms with Gasteiger partial charge in [-0.15, -0.1) is 6.58 Å². The van der Waals surface area contributed by atoms with Gasteiger partial charge in [-0.2, -0.15) is 0 Å². The van der Waals surface area contributed by atoms with Gasteiger partial charge in [-0.3, -0.25) is 14.4 Å². The van der Waals surface area contributed by atoms with Gasteiger partial charge in [0.1, 0.15) is 11.6 Å². The van der Waals surface area contributed by atoms with Gasteiger partial charge in [0.05, 0.1) is 17.4 Å². The van der Waals surface area contributed by atoms with Crippen molar-refractivity contribution in [2.45, 2.75) is 57.3 Å². The molecule has 1 aromatic carbocycles. The number of rotatable bonds is 8. The van der Waals surface area contributed by atoms with Gasteiger partial charge in [0.2, 0.25) is 5.91 Å². The van der Waals surface area contributed by atoms with E-state index in [1.54, 1.807) is 17.9 Å². The van der Waals surface area contributed by atoms with Crippen LogP contribution in [0.5, 0.6) is 0 Å². The lowest BCUT2D eigenvalue weighted by atomic mass is 9.66. The fraction of sp³-hybridized carbons (Fsp3) is 0.560. The fourth-order valence-corrected chi connectivity index (χ4v) is 6.36. The molecule has 5 atom stereocenters. The number of hydrogen-bond acceptors (Lipinski definition) is 5. The summed E-state index contributed by atoms with van der Waals surface area (Å²) in [6.07, 6.45) is 2.83. The van der Waals surface area contributed by atoms with E-state index in [2.05, 4.69) is 6.58 Å². The summed E-state index contributed by atoms with van der Waals surface area (Å²) in [4.78, 5) is 43.2. The van der Waals surface area contributed by atoms with Crippen molar-refractivity contribution in [2.75, 3.05) is 24.6 Å². The van der Waals surface area contributed by atoms with Gasteiger partial charge in [-0.25, -0.2) is 0 Å². The number of aliphatic hydroxyl groups is 1. The highest BCUT2D eigenvalue weighted by Crippen LogP contribution is 2.63. The Bertz CT molecular complexity index is 988. The molecule has 3 heterocycles. The Hall–Kier alpha value is -2.71. The van der Waals surface area contributed by atoms with Crippen LogP contribution in [0.1, 0.15) is 37.3 Å². The monoisotopic (exact) mass is 456 g/mol. The first-order chi connectivity index (χ1) is 15.6. The van der Waals surface area contributed by atoms with E-state index < -0.39 is 35.0 Å². The molecule has 4 rings (SSSR count). The number of likely N-dealkylation sites (tertiary alicyclic amines) is 1. The Morgan fingerprint density at radius 2 is 1.97 bits per heavy atom. The number of fused-ring (bicyclic) bond motifs is 1. The average Bonchev–Trinajstić information content (AvgIpc) is 3.31. The van der Waals surface area contributed by atoms with Crippen LogP contribution in [0.3, 0.4) is 0 Å². The molecule has 0 aliphatic carbocycles. The average molecular weight is 457 g/mol. The molecule has 8 heteroatoms. The first-order valence-electron chi connectivity index (χ1n) is 11.5. The molecule has 3 aliphatic rings. The Balaban J connectivity index is 1.84. The summed E-state index contributed by atoms with van der Waals surface area (Å²) < 4.78 is 6.41. The van der Waals surface area contributed by atoms with Gasteiger partial charge in [0, 0.05) is 25.4 Å². The van der Waals surface area contributed by atoms with E-state index in [0.717, 1.165) is 16.8 Å². The molecule has 2 unspecified atom stereocenters. The second-order valence-electron chi connectivity index (χ2n) is 9.65. The van der Waals surface area contributed by atoms with Crippen molar-refractivity contribution >= 4 is 23.5 Å². The molecule has 2 amide bonds. The lowest BCUT2D eigenvalue weighted by Crippen LogP contribution is -2.56. The standard InChI is InChI=1S/C25H32N2O6/c1-5-12-26(19-15(2)8-6-9-16(19)3)22(30)20-25-11-10-24(4,33-25)18(23(31)32)17(25)21(29)27(20)13-7-14-28/h5-6,8-9,17-18,20,28H,1,7,10-14H2,2-4H3,(H,31,32)/t17-,18-,20?,24+,25?/m0/s1. The molecule has 0 radical (unpaired) electrons. The summed E-state index contributed by atoms with van der Waals surface area (Å²) in [5.41, 5.74) is 0.396. The Labute approximate surface area is 193 Å². The van der Waals surface area contributed by atoms with Crippen LogP contribution in [-0.4, -0.2) is 69.8 Å². The third-order valence-electron chi connectivity index (χ3n) is 7.62. The van der Waals surface area contributed by atoms with Gasteiger partial charge in [0.25, 0.3) is 5.91 Å². The molecule has 3 saturated heterocycles. The summed E-state index contributed by atoms with van der Waals surface area (Å²) in [6, 6.07) is 4.81. The zero-order valence-electron chi connectivity index (χ0n) is 19.4. The highest BCUT2D eigenvalue weighted by atomic mass is 16.5. The van der Waals surface area contributed by atoms with E-state index >= 15 is 0 Å². The van der Waals surface area contributed by atoms with Crippen LogP contribution in [0.15, 0.2) is 30.9 Å². The highest BCUT2D eigenvalue weighted by molar-refractivity contribution is 6.05. The summed E-state index contributed by atoms with van der Waals surface area (Å²) in [5.74, 6) is -3.70. The molecule has 1 aromatic rings. The number of aliphatic carboxylic acids is 1. The SMILES string of the molecule is C=CCN(C(=O)C1N(CCCO)C(=O)[C@@H]2[C@@H](C(=O)O)[C@@]3(C)CCC12O3)c1c(C)cccc1C. The Morgan fingerprint density at radius 3 is 2.55 bits per heavy atom. The largest absolute Gasteiger partial charge is 0.481 e. The minimum absolute atomic E-state index is 0.142. The van der Waals surface area contributed by atoms with Crippen LogP contribution >= 0.6 is 0 Å². The number of nitrogens with zero attached hydrogens (tertiary/aromatic N) is 2. The van der Waals surface area contributed by atoms with E-state index in [1.165, 1.54) is 4.90 Å². The summed E-state index contributed by atoms with van der Waals surface area (Å²) >= 11 is 0. The van der Waals surface area contributed by atoms with Crippen molar-refractivity contribution < 1.29 is 29.3 Å². The van der Waals surface area contributed by atoms with Crippen molar-refractivity contribution in [3.8, 4) is 0 Å². The van der Waals surface area contributed by atoms with E-state index in [-0.39, 0.29) is 37.9 Å². The number of para-hydroxylation sites is 1. The number of carboxylic acid groups (broad SMARTS) is 1. The molecule has 3 fully saturated rings. The number of amides is 2. The van der Waals surface area contributed by atoms with Crippen molar-refractivity contribution in [3.05, 3.63) is 42.0 Å². The first kappa shape index (κ1) is 23.4. The maximum absolute atomic E-state index is 14.3. The van der Waals surface area contributed by atoms with Gasteiger partial charge in [0.15, 0.2) is 0 Å². The van der Waals surface area contributed by atoms with E-state index in [9.17, 15) is 24.6 Å². The predicted octanol–water partition coefficient (Wildman–Crippen LogP) is 2.05. The predicted molar refractivity (Wildman–Crippen MR) is 122 cm³/mol. The van der Waals surface area contributed by atoms with Crippen LogP contribution in [0, 0.1) is 25.7 Å². The zero-order valence-corrected chi connectivity index (χ0v) is 19.4. The van der Waals surface area contributed by atoms with Gasteiger partial charge in [-0.1, -0.05) is 24.3 Å². The maximum atomic E-state index is 14.3. The zero-order chi connectivity index (χ0) is 24.1. The normalized spacial score (nSPS) is 32.2. The van der Waals surface area contributed by atoms with Gasteiger partial charge in [-0.05, 0) is 51.2 Å². The quantitative estimate of drug-likeness (QED) is 0.580. The summed E-state index contributed by atoms with van der Waals surface area (Å²) in [5, 5.41) is 19.4. The number of benzene rings is 1. The second kappa shape index (κ2) is 8.25. The number of aliphatic hydroxyl groups excluding tert-OH is 1. The molecule has 2 bridgehead atoms. The number of carbonyl (C=O) groups is 3. The molecular formula is C25H32N2O6. The van der Waals surface area contributed by atoms with Crippen molar-refractivity contribution in [2.24, 2.45) is 11.8 Å². The lowest BCUT2D eigenvalue weighted by molar-refractivity contribution is -0.154. The number of carbonyl (C=O) groups excluding carboxylic acids is 2. The minimum Gasteiger partial charge on any atom is -0.481 e. The van der Waals surface area contributed by atoms with Crippen molar-refractivity contribution in [1.29, 1.82) is 0 Å². The highest BCUT2D eigenvalue weighted by Gasteiger charge is 2.78. The van der Waals surface area contributed by atoms with Crippen molar-refractivity contribution in [1.82, 2.24) is 4.90 Å². The molecule has 3 aliphatic heterocycles. The third-order valence-corrected chi connectivity index (χ3v) is 7.62. The number of carboxylic acids is 1. The molecule has 33 heavy (non-hydrogen) atoms. The van der Waals surface area contributed by atoms with Crippen molar-refractivity contribution in [3.63, 3.8) is 0 Å². The topological polar surface area (TPSA) is 107 Å². The Kier molecular flexibility index (Phi) is 5.87.